The molecule has 1 amide bonds. The lowest BCUT2D eigenvalue weighted by atomic mass is 10.2. The number of ether oxygens (including phenoxy) is 1. The molecular formula is C18H16N2O2S. The van der Waals surface area contributed by atoms with E-state index in [1.807, 2.05) is 67.6 Å². The molecule has 1 N–H and O–H groups in total. The number of hydrogen-bond donors (Lipinski definition) is 1. The van der Waals surface area contributed by atoms with Crippen molar-refractivity contribution in [2.75, 3.05) is 6.61 Å². The van der Waals surface area contributed by atoms with Crippen molar-refractivity contribution in [3.8, 4) is 5.75 Å². The quantitative estimate of drug-likeness (QED) is 0.866. The van der Waals surface area contributed by atoms with Gasteiger partial charge in [-0.25, -0.2) is 4.99 Å². The molecule has 0 radical (unpaired) electrons. The minimum Gasteiger partial charge on any atom is -0.494 e. The molecule has 2 aromatic carbocycles. The standard InChI is InChI=1S/C18H16N2O2S/c1-2-22-15-10-8-13(9-11-15)12-16-17(21)20-18(23-16)19-14-6-4-3-5-7-14/h3-12H,2H2,1H3,(H,19,20,21). The first-order valence-corrected chi connectivity index (χ1v) is 8.14. The number of benzene rings is 2. The predicted molar refractivity (Wildman–Crippen MR) is 94.9 cm³/mol. The Labute approximate surface area is 139 Å². The molecule has 0 unspecified atom stereocenters. The number of carbonyl (C=O) groups is 1. The number of rotatable bonds is 4. The molecule has 1 heterocycles. The summed E-state index contributed by atoms with van der Waals surface area (Å²) >= 11 is 1.34. The average molecular weight is 324 g/mol. The average Bonchev–Trinajstić information content (AvgIpc) is 2.90. The molecule has 116 valence electrons. The Morgan fingerprint density at radius 1 is 1.13 bits per heavy atom. The first-order valence-electron chi connectivity index (χ1n) is 7.32. The predicted octanol–water partition coefficient (Wildman–Crippen LogP) is 3.98. The fourth-order valence-corrected chi connectivity index (χ4v) is 2.92. The minimum absolute atomic E-state index is 0.126. The molecule has 0 aliphatic carbocycles. The third-order valence-corrected chi connectivity index (χ3v) is 4.04. The lowest BCUT2D eigenvalue weighted by molar-refractivity contribution is -0.115. The van der Waals surface area contributed by atoms with E-state index in [1.54, 1.807) is 0 Å². The first-order chi connectivity index (χ1) is 11.2. The number of amidine groups is 1. The van der Waals surface area contributed by atoms with E-state index in [9.17, 15) is 4.79 Å². The number of nitrogens with zero attached hydrogens (tertiary/aromatic N) is 1. The molecule has 23 heavy (non-hydrogen) atoms. The van der Waals surface area contributed by atoms with Crippen LogP contribution in [0, 0.1) is 0 Å². The van der Waals surface area contributed by atoms with E-state index < -0.39 is 0 Å². The third kappa shape index (κ3) is 4.02. The molecule has 2 aromatic rings. The highest BCUT2D eigenvalue weighted by atomic mass is 32.2. The highest BCUT2D eigenvalue weighted by molar-refractivity contribution is 8.18. The largest absolute Gasteiger partial charge is 0.494 e. The molecule has 3 rings (SSSR count). The summed E-state index contributed by atoms with van der Waals surface area (Å²) in [4.78, 5) is 17.1. The van der Waals surface area contributed by atoms with Gasteiger partial charge in [-0.15, -0.1) is 0 Å². The van der Waals surface area contributed by atoms with Crippen LogP contribution in [0.15, 0.2) is 64.5 Å². The van der Waals surface area contributed by atoms with E-state index >= 15 is 0 Å². The van der Waals surface area contributed by atoms with Gasteiger partial charge in [0, 0.05) is 0 Å². The Kier molecular flexibility index (Phi) is 4.78. The summed E-state index contributed by atoms with van der Waals surface area (Å²) in [5.74, 6) is 0.697. The van der Waals surface area contributed by atoms with E-state index in [4.69, 9.17) is 4.74 Å². The second kappa shape index (κ2) is 7.15. The van der Waals surface area contributed by atoms with E-state index in [2.05, 4.69) is 10.3 Å². The van der Waals surface area contributed by atoms with Gasteiger partial charge >= 0.3 is 0 Å². The van der Waals surface area contributed by atoms with Crippen molar-refractivity contribution in [1.82, 2.24) is 5.32 Å². The number of thioether (sulfide) groups is 1. The molecule has 1 fully saturated rings. The van der Waals surface area contributed by atoms with Crippen LogP contribution in [-0.4, -0.2) is 17.7 Å². The number of hydrogen-bond acceptors (Lipinski definition) is 4. The maximum atomic E-state index is 12.0. The van der Waals surface area contributed by atoms with Gasteiger partial charge in [-0.3, -0.25) is 4.79 Å². The van der Waals surface area contributed by atoms with E-state index in [-0.39, 0.29) is 5.91 Å². The number of carbonyl (C=O) groups excluding carboxylic acids is 1. The summed E-state index contributed by atoms with van der Waals surface area (Å²) in [6, 6.07) is 17.2. The molecule has 0 saturated carbocycles. The lowest BCUT2D eigenvalue weighted by Crippen LogP contribution is -2.19. The summed E-state index contributed by atoms with van der Waals surface area (Å²) in [6.07, 6.45) is 1.85. The molecule has 0 atom stereocenters. The van der Waals surface area contributed by atoms with Crippen LogP contribution in [0.2, 0.25) is 0 Å². The van der Waals surface area contributed by atoms with Crippen LogP contribution < -0.4 is 10.1 Å². The maximum absolute atomic E-state index is 12.0. The molecule has 0 aromatic heterocycles. The van der Waals surface area contributed by atoms with Crippen molar-refractivity contribution < 1.29 is 9.53 Å². The Morgan fingerprint density at radius 2 is 1.87 bits per heavy atom. The van der Waals surface area contributed by atoms with Crippen LogP contribution in [0.4, 0.5) is 5.69 Å². The monoisotopic (exact) mass is 324 g/mol. The van der Waals surface area contributed by atoms with Gasteiger partial charge < -0.3 is 10.1 Å². The van der Waals surface area contributed by atoms with Crippen molar-refractivity contribution in [3.63, 3.8) is 0 Å². The van der Waals surface area contributed by atoms with E-state index in [0.717, 1.165) is 17.0 Å². The van der Waals surface area contributed by atoms with Crippen molar-refractivity contribution in [3.05, 3.63) is 65.1 Å². The summed E-state index contributed by atoms with van der Waals surface area (Å²) < 4.78 is 5.41. The molecular weight excluding hydrogens is 308 g/mol. The van der Waals surface area contributed by atoms with Gasteiger partial charge in [0.25, 0.3) is 5.91 Å². The zero-order valence-electron chi connectivity index (χ0n) is 12.7. The fraction of sp³-hybridized carbons (Fsp3) is 0.111. The molecule has 0 bridgehead atoms. The normalized spacial score (nSPS) is 17.5. The summed E-state index contributed by atoms with van der Waals surface area (Å²) in [7, 11) is 0. The van der Waals surface area contributed by atoms with Gasteiger partial charge in [-0.2, -0.15) is 0 Å². The first kappa shape index (κ1) is 15.4. The van der Waals surface area contributed by atoms with Gasteiger partial charge in [-0.1, -0.05) is 30.3 Å². The highest BCUT2D eigenvalue weighted by Gasteiger charge is 2.23. The lowest BCUT2D eigenvalue weighted by Gasteiger charge is -2.02. The number of aliphatic imine (C=N–C) groups is 1. The van der Waals surface area contributed by atoms with Crippen LogP contribution >= 0.6 is 11.8 Å². The van der Waals surface area contributed by atoms with Crippen molar-refractivity contribution >= 4 is 34.6 Å². The second-order valence-electron chi connectivity index (χ2n) is 4.82. The maximum Gasteiger partial charge on any atom is 0.264 e. The smallest absolute Gasteiger partial charge is 0.264 e. The van der Waals surface area contributed by atoms with Crippen LogP contribution in [0.25, 0.3) is 6.08 Å². The number of nitrogens with one attached hydrogen (secondary N) is 1. The van der Waals surface area contributed by atoms with Crippen LogP contribution in [0.5, 0.6) is 5.75 Å². The van der Waals surface area contributed by atoms with Gasteiger partial charge in [-0.05, 0) is 54.6 Å². The summed E-state index contributed by atoms with van der Waals surface area (Å²) in [5, 5.41) is 3.38. The van der Waals surface area contributed by atoms with Crippen molar-refractivity contribution in [2.45, 2.75) is 6.92 Å². The Balaban J connectivity index is 1.76. The highest BCUT2D eigenvalue weighted by Crippen LogP contribution is 2.28. The van der Waals surface area contributed by atoms with Crippen LogP contribution in [-0.2, 0) is 4.79 Å². The van der Waals surface area contributed by atoms with Crippen LogP contribution in [0.1, 0.15) is 12.5 Å². The van der Waals surface area contributed by atoms with Gasteiger partial charge in [0.1, 0.15) is 5.75 Å². The molecule has 1 saturated heterocycles. The zero-order valence-corrected chi connectivity index (χ0v) is 13.5. The summed E-state index contributed by atoms with van der Waals surface area (Å²) in [5.41, 5.74) is 1.77. The Morgan fingerprint density at radius 3 is 2.57 bits per heavy atom. The molecule has 1 aliphatic rings. The number of amides is 1. The topological polar surface area (TPSA) is 50.7 Å². The van der Waals surface area contributed by atoms with Crippen molar-refractivity contribution in [2.24, 2.45) is 4.99 Å². The molecule has 4 nitrogen and oxygen atoms in total. The Bertz CT molecular complexity index is 752. The van der Waals surface area contributed by atoms with Gasteiger partial charge in [0.2, 0.25) is 0 Å². The summed E-state index contributed by atoms with van der Waals surface area (Å²) in [6.45, 7) is 2.58. The Hall–Kier alpha value is -2.53. The molecule has 1 aliphatic heterocycles. The van der Waals surface area contributed by atoms with Gasteiger partial charge in [0.15, 0.2) is 5.17 Å². The zero-order chi connectivity index (χ0) is 16.1. The van der Waals surface area contributed by atoms with Crippen molar-refractivity contribution in [1.29, 1.82) is 0 Å². The number of para-hydroxylation sites is 1. The molecule has 5 heteroatoms. The third-order valence-electron chi connectivity index (χ3n) is 3.13. The van der Waals surface area contributed by atoms with E-state index in [0.29, 0.717) is 16.7 Å². The second-order valence-corrected chi connectivity index (χ2v) is 5.85. The fourth-order valence-electron chi connectivity index (χ4n) is 2.08. The SMILES string of the molecule is CCOc1ccc(C=C2SC(=Nc3ccccc3)NC2=O)cc1. The van der Waals surface area contributed by atoms with E-state index in [1.165, 1.54) is 11.8 Å². The van der Waals surface area contributed by atoms with Gasteiger partial charge in [0.05, 0.1) is 17.2 Å². The minimum atomic E-state index is -0.126. The molecule has 0 spiro atoms. The van der Waals surface area contributed by atoms with Crippen LogP contribution in [0.3, 0.4) is 0 Å².